The third-order valence-electron chi connectivity index (χ3n) is 3.56. The molecular weight excluding hydrogens is 300 g/mol. The van der Waals surface area contributed by atoms with Crippen LogP contribution in [-0.2, 0) is 4.79 Å². The molecule has 0 spiro atoms. The number of amides is 1. The molecule has 0 bridgehead atoms. The second-order valence-corrected chi connectivity index (χ2v) is 5.50. The van der Waals surface area contributed by atoms with E-state index in [-0.39, 0.29) is 11.7 Å². The van der Waals surface area contributed by atoms with Gasteiger partial charge in [-0.15, -0.1) is 0 Å². The summed E-state index contributed by atoms with van der Waals surface area (Å²) >= 11 is 0. The Labute approximate surface area is 132 Å². The van der Waals surface area contributed by atoms with E-state index in [9.17, 15) is 9.59 Å². The molecule has 1 fully saturated rings. The van der Waals surface area contributed by atoms with Crippen molar-refractivity contribution in [3.63, 3.8) is 0 Å². The minimum absolute atomic E-state index is 0.178. The van der Waals surface area contributed by atoms with Crippen LogP contribution in [0.15, 0.2) is 28.8 Å². The zero-order valence-electron chi connectivity index (χ0n) is 12.5. The van der Waals surface area contributed by atoms with Crippen LogP contribution in [0.4, 0.5) is 5.69 Å². The third kappa shape index (κ3) is 3.68. The van der Waals surface area contributed by atoms with E-state index in [1.54, 1.807) is 31.2 Å². The minimum Gasteiger partial charge on any atom is -0.482 e. The summed E-state index contributed by atoms with van der Waals surface area (Å²) in [5.41, 5.74) is 2.18. The van der Waals surface area contributed by atoms with Crippen LogP contribution < -0.4 is 10.1 Å². The molecule has 1 aromatic heterocycles. The van der Waals surface area contributed by atoms with Gasteiger partial charge in [0.15, 0.2) is 6.61 Å². The van der Waals surface area contributed by atoms with Gasteiger partial charge in [0.2, 0.25) is 5.76 Å². The van der Waals surface area contributed by atoms with Gasteiger partial charge in [-0.2, -0.15) is 0 Å². The highest BCUT2D eigenvalue weighted by atomic mass is 16.5. The summed E-state index contributed by atoms with van der Waals surface area (Å²) in [4.78, 5) is 22.7. The number of rotatable bonds is 6. The Morgan fingerprint density at radius 1 is 1.39 bits per heavy atom. The molecule has 7 heteroatoms. The molecule has 120 valence electrons. The quantitative estimate of drug-likeness (QED) is 0.849. The Balaban J connectivity index is 1.66. The number of ether oxygens (including phenoxy) is 1. The lowest BCUT2D eigenvalue weighted by Crippen LogP contribution is -2.12. The van der Waals surface area contributed by atoms with E-state index in [1.807, 2.05) is 0 Å². The zero-order valence-corrected chi connectivity index (χ0v) is 12.5. The summed E-state index contributed by atoms with van der Waals surface area (Å²) in [5.74, 6) is -0.382. The van der Waals surface area contributed by atoms with Gasteiger partial charge in [0.1, 0.15) is 5.75 Å². The van der Waals surface area contributed by atoms with Gasteiger partial charge in [-0.25, -0.2) is 4.79 Å². The Morgan fingerprint density at radius 3 is 2.83 bits per heavy atom. The van der Waals surface area contributed by atoms with Crippen molar-refractivity contribution in [1.29, 1.82) is 0 Å². The van der Waals surface area contributed by atoms with E-state index < -0.39 is 12.6 Å². The number of carboxylic acid groups (broad SMARTS) is 1. The SMILES string of the molecule is Cc1cc(OCC(=O)O)ccc1NC(=O)c1cc(C2CC2)no1. The van der Waals surface area contributed by atoms with Gasteiger partial charge in [0.25, 0.3) is 5.91 Å². The van der Waals surface area contributed by atoms with E-state index in [1.165, 1.54) is 0 Å². The van der Waals surface area contributed by atoms with E-state index in [4.69, 9.17) is 14.4 Å². The summed E-state index contributed by atoms with van der Waals surface area (Å²) in [6.45, 7) is 1.38. The molecule has 1 amide bonds. The Morgan fingerprint density at radius 2 is 2.17 bits per heavy atom. The molecule has 1 saturated carbocycles. The van der Waals surface area contributed by atoms with Crippen molar-refractivity contribution in [2.75, 3.05) is 11.9 Å². The monoisotopic (exact) mass is 316 g/mol. The molecule has 0 saturated heterocycles. The average Bonchev–Trinajstić information content (AvgIpc) is 3.24. The van der Waals surface area contributed by atoms with Gasteiger partial charge >= 0.3 is 5.97 Å². The Bertz CT molecular complexity index is 749. The van der Waals surface area contributed by atoms with Crippen LogP contribution in [0.2, 0.25) is 0 Å². The second-order valence-electron chi connectivity index (χ2n) is 5.50. The molecule has 2 N–H and O–H groups in total. The van der Waals surface area contributed by atoms with Gasteiger partial charge in [-0.3, -0.25) is 4.79 Å². The van der Waals surface area contributed by atoms with E-state index >= 15 is 0 Å². The lowest BCUT2D eigenvalue weighted by atomic mass is 10.2. The molecule has 1 aromatic carbocycles. The lowest BCUT2D eigenvalue weighted by molar-refractivity contribution is -0.139. The fraction of sp³-hybridized carbons (Fsp3) is 0.312. The molecule has 0 unspecified atom stereocenters. The van der Waals surface area contributed by atoms with Crippen LogP contribution >= 0.6 is 0 Å². The third-order valence-corrected chi connectivity index (χ3v) is 3.56. The minimum atomic E-state index is -1.04. The van der Waals surface area contributed by atoms with Crippen molar-refractivity contribution in [1.82, 2.24) is 5.16 Å². The molecule has 0 aliphatic heterocycles. The molecule has 3 rings (SSSR count). The fourth-order valence-electron chi connectivity index (χ4n) is 2.16. The molecule has 23 heavy (non-hydrogen) atoms. The summed E-state index contributed by atoms with van der Waals surface area (Å²) < 4.78 is 10.2. The van der Waals surface area contributed by atoms with E-state index in [0.717, 1.165) is 24.1 Å². The smallest absolute Gasteiger partial charge is 0.341 e. The number of carboxylic acids is 1. The highest BCUT2D eigenvalue weighted by Gasteiger charge is 2.28. The van der Waals surface area contributed by atoms with E-state index in [0.29, 0.717) is 17.4 Å². The predicted octanol–water partition coefficient (Wildman–Crippen LogP) is 2.58. The van der Waals surface area contributed by atoms with Crippen LogP contribution in [0, 0.1) is 6.92 Å². The highest BCUT2D eigenvalue weighted by molar-refractivity contribution is 6.02. The summed E-state index contributed by atoms with van der Waals surface area (Å²) in [6.07, 6.45) is 2.18. The van der Waals surface area contributed by atoms with Crippen LogP contribution in [-0.4, -0.2) is 28.7 Å². The molecule has 1 heterocycles. The molecule has 0 radical (unpaired) electrons. The van der Waals surface area contributed by atoms with Gasteiger partial charge in [0, 0.05) is 17.7 Å². The molecule has 1 aliphatic rings. The van der Waals surface area contributed by atoms with Gasteiger partial charge in [-0.05, 0) is 43.5 Å². The highest BCUT2D eigenvalue weighted by Crippen LogP contribution is 2.39. The number of carbonyl (C=O) groups excluding carboxylic acids is 1. The zero-order chi connectivity index (χ0) is 16.4. The number of nitrogens with zero attached hydrogens (tertiary/aromatic N) is 1. The normalized spacial score (nSPS) is 13.6. The van der Waals surface area contributed by atoms with Crippen molar-refractivity contribution >= 4 is 17.6 Å². The molecular formula is C16H16N2O5. The number of hydrogen-bond donors (Lipinski definition) is 2. The van der Waals surface area contributed by atoms with Crippen molar-refractivity contribution in [2.24, 2.45) is 0 Å². The molecule has 7 nitrogen and oxygen atoms in total. The molecule has 2 aromatic rings. The second kappa shape index (κ2) is 6.12. The maximum atomic E-state index is 12.2. The van der Waals surface area contributed by atoms with Crippen molar-refractivity contribution in [3.05, 3.63) is 41.3 Å². The van der Waals surface area contributed by atoms with E-state index in [2.05, 4.69) is 10.5 Å². The Kier molecular flexibility index (Phi) is 4.01. The lowest BCUT2D eigenvalue weighted by Gasteiger charge is -2.09. The Hall–Kier alpha value is -2.83. The number of aryl methyl sites for hydroxylation is 1. The van der Waals surface area contributed by atoms with Crippen LogP contribution in [0.3, 0.4) is 0 Å². The maximum Gasteiger partial charge on any atom is 0.341 e. The largest absolute Gasteiger partial charge is 0.482 e. The first-order valence-electron chi connectivity index (χ1n) is 7.26. The standard InChI is InChI=1S/C16H16N2O5/c1-9-6-11(22-8-15(19)20)4-5-12(9)17-16(21)14-7-13(18-23-14)10-2-3-10/h4-7,10H,2-3,8H2,1H3,(H,17,21)(H,19,20). The number of anilines is 1. The first kappa shape index (κ1) is 15.1. The van der Waals surface area contributed by atoms with Crippen molar-refractivity contribution < 1.29 is 24.0 Å². The number of carbonyl (C=O) groups is 2. The number of hydrogen-bond acceptors (Lipinski definition) is 5. The summed E-state index contributed by atoms with van der Waals surface area (Å²) in [7, 11) is 0. The molecule has 0 atom stereocenters. The van der Waals surface area contributed by atoms with Crippen LogP contribution in [0.1, 0.15) is 40.6 Å². The number of nitrogens with one attached hydrogen (secondary N) is 1. The first-order chi connectivity index (χ1) is 11.0. The average molecular weight is 316 g/mol. The van der Waals surface area contributed by atoms with Crippen molar-refractivity contribution in [3.8, 4) is 5.75 Å². The number of aromatic nitrogens is 1. The van der Waals surface area contributed by atoms with Crippen LogP contribution in [0.5, 0.6) is 5.75 Å². The molecule has 1 aliphatic carbocycles. The van der Waals surface area contributed by atoms with Crippen LogP contribution in [0.25, 0.3) is 0 Å². The number of benzene rings is 1. The fourth-order valence-corrected chi connectivity index (χ4v) is 2.16. The number of aliphatic carboxylic acids is 1. The van der Waals surface area contributed by atoms with Gasteiger partial charge in [0.05, 0.1) is 5.69 Å². The summed E-state index contributed by atoms with van der Waals surface area (Å²) in [5, 5.41) is 15.2. The summed E-state index contributed by atoms with van der Waals surface area (Å²) in [6, 6.07) is 6.59. The first-order valence-corrected chi connectivity index (χ1v) is 7.26. The topological polar surface area (TPSA) is 102 Å². The van der Waals surface area contributed by atoms with Gasteiger partial charge < -0.3 is 19.7 Å². The van der Waals surface area contributed by atoms with Gasteiger partial charge in [-0.1, -0.05) is 5.16 Å². The predicted molar refractivity (Wildman–Crippen MR) is 80.7 cm³/mol. The van der Waals surface area contributed by atoms with Crippen molar-refractivity contribution in [2.45, 2.75) is 25.7 Å². The maximum absolute atomic E-state index is 12.2.